The molecule has 3 N–H and O–H groups in total. The molecule has 1 atom stereocenters. The van der Waals surface area contributed by atoms with Crippen molar-refractivity contribution in [2.24, 2.45) is 0 Å². The van der Waals surface area contributed by atoms with Crippen LogP contribution in [0.1, 0.15) is 6.42 Å². The first-order chi connectivity index (χ1) is 9.15. The Kier molecular flexibility index (Phi) is 4.73. The number of carboxylic acids is 2. The van der Waals surface area contributed by atoms with E-state index in [1.54, 1.807) is 0 Å². The molecule has 110 valence electrons. The van der Waals surface area contributed by atoms with Gasteiger partial charge in [-0.2, -0.15) is 4.72 Å². The molecule has 1 rings (SSSR count). The number of hydrogen-bond acceptors (Lipinski definition) is 4. The first kappa shape index (κ1) is 16.0. The predicted molar refractivity (Wildman–Crippen MR) is 60.4 cm³/mol. The van der Waals surface area contributed by atoms with Gasteiger partial charge in [-0.05, 0) is 12.1 Å². The number of sulfonamides is 1. The summed E-state index contributed by atoms with van der Waals surface area (Å²) in [5.41, 5.74) is 0. The summed E-state index contributed by atoms with van der Waals surface area (Å²) in [5.74, 6) is -6.21. The zero-order valence-electron chi connectivity index (χ0n) is 9.71. The van der Waals surface area contributed by atoms with E-state index in [2.05, 4.69) is 0 Å². The first-order valence-corrected chi connectivity index (χ1v) is 6.54. The van der Waals surface area contributed by atoms with E-state index < -0.39 is 51.0 Å². The Morgan fingerprint density at radius 2 is 1.70 bits per heavy atom. The Morgan fingerprint density at radius 1 is 1.20 bits per heavy atom. The molecule has 0 spiro atoms. The third kappa shape index (κ3) is 3.71. The zero-order valence-corrected chi connectivity index (χ0v) is 10.5. The van der Waals surface area contributed by atoms with Crippen LogP contribution in [0.25, 0.3) is 0 Å². The van der Waals surface area contributed by atoms with Gasteiger partial charge in [0.15, 0.2) is 4.90 Å². The van der Waals surface area contributed by atoms with E-state index in [-0.39, 0.29) is 0 Å². The molecule has 0 amide bonds. The van der Waals surface area contributed by atoms with E-state index in [1.807, 2.05) is 0 Å². The highest BCUT2D eigenvalue weighted by molar-refractivity contribution is 7.89. The second-order valence-corrected chi connectivity index (χ2v) is 5.31. The molecule has 0 aliphatic rings. The molecule has 10 heteroatoms. The highest BCUT2D eigenvalue weighted by Gasteiger charge is 2.31. The molecule has 20 heavy (non-hydrogen) atoms. The predicted octanol–water partition coefficient (Wildman–Crippen LogP) is 0.171. The van der Waals surface area contributed by atoms with Gasteiger partial charge in [0.2, 0.25) is 10.0 Å². The third-order valence-corrected chi connectivity index (χ3v) is 3.68. The minimum Gasteiger partial charge on any atom is -0.481 e. The molecule has 1 unspecified atom stereocenters. The molecule has 0 aromatic heterocycles. The Balaban J connectivity index is 3.17. The van der Waals surface area contributed by atoms with Crippen LogP contribution in [0.15, 0.2) is 23.1 Å². The lowest BCUT2D eigenvalue weighted by Crippen LogP contribution is -2.42. The number of carbonyl (C=O) groups is 2. The summed E-state index contributed by atoms with van der Waals surface area (Å²) in [7, 11) is -4.86. The third-order valence-electron chi connectivity index (χ3n) is 2.16. The van der Waals surface area contributed by atoms with Crippen molar-refractivity contribution in [3.63, 3.8) is 0 Å². The van der Waals surface area contributed by atoms with Crippen molar-refractivity contribution in [2.75, 3.05) is 0 Å². The molecular formula is C10H9F2NO6S. The van der Waals surface area contributed by atoms with Gasteiger partial charge in [0.05, 0.1) is 6.42 Å². The molecule has 0 fully saturated rings. The van der Waals surface area contributed by atoms with Crippen molar-refractivity contribution in [2.45, 2.75) is 17.4 Å². The van der Waals surface area contributed by atoms with Crippen molar-refractivity contribution >= 4 is 22.0 Å². The number of benzene rings is 1. The van der Waals surface area contributed by atoms with E-state index in [9.17, 15) is 26.8 Å². The van der Waals surface area contributed by atoms with Crippen LogP contribution in [0.3, 0.4) is 0 Å². The zero-order chi connectivity index (χ0) is 15.5. The lowest BCUT2D eigenvalue weighted by molar-refractivity contribution is -0.145. The van der Waals surface area contributed by atoms with Gasteiger partial charge in [-0.1, -0.05) is 6.07 Å². The van der Waals surface area contributed by atoms with Gasteiger partial charge in [-0.25, -0.2) is 17.2 Å². The molecule has 1 aromatic carbocycles. The Bertz CT molecular complexity index is 625. The molecule has 0 bridgehead atoms. The van der Waals surface area contributed by atoms with E-state index >= 15 is 0 Å². The van der Waals surface area contributed by atoms with E-state index in [1.165, 1.54) is 4.72 Å². The maximum Gasteiger partial charge on any atom is 0.322 e. The van der Waals surface area contributed by atoms with Gasteiger partial charge >= 0.3 is 11.9 Å². The monoisotopic (exact) mass is 309 g/mol. The summed E-state index contributed by atoms with van der Waals surface area (Å²) < 4.78 is 51.6. The topological polar surface area (TPSA) is 121 Å². The van der Waals surface area contributed by atoms with Crippen molar-refractivity contribution in [3.8, 4) is 0 Å². The fourth-order valence-corrected chi connectivity index (χ4v) is 2.67. The summed E-state index contributed by atoms with van der Waals surface area (Å²) in [6.45, 7) is 0. The van der Waals surface area contributed by atoms with E-state index in [0.29, 0.717) is 12.1 Å². The van der Waals surface area contributed by atoms with Crippen molar-refractivity contribution in [1.82, 2.24) is 4.72 Å². The van der Waals surface area contributed by atoms with Gasteiger partial charge in [-0.15, -0.1) is 0 Å². The van der Waals surface area contributed by atoms with Crippen LogP contribution in [0.2, 0.25) is 0 Å². The van der Waals surface area contributed by atoms with Crippen LogP contribution in [0.4, 0.5) is 8.78 Å². The van der Waals surface area contributed by atoms with Crippen molar-refractivity contribution in [3.05, 3.63) is 29.8 Å². The lowest BCUT2D eigenvalue weighted by atomic mass is 10.2. The number of aliphatic carboxylic acids is 2. The lowest BCUT2D eigenvalue weighted by Gasteiger charge is -2.13. The molecule has 0 heterocycles. The molecule has 0 saturated carbocycles. The standard InChI is InChI=1S/C10H9F2NO6S/c11-5-2-1-3-6(12)9(5)20(18,19)13-7(10(16)17)4-8(14)15/h1-3,7,13H,4H2,(H,14,15)(H,16,17). The normalized spacial score (nSPS) is 12.9. The van der Waals surface area contributed by atoms with Crippen LogP contribution in [-0.4, -0.2) is 36.6 Å². The molecular weight excluding hydrogens is 300 g/mol. The SMILES string of the molecule is O=C(O)CC(NS(=O)(=O)c1c(F)cccc1F)C(=O)O. The van der Waals surface area contributed by atoms with Crippen molar-refractivity contribution in [1.29, 1.82) is 0 Å². The molecule has 0 radical (unpaired) electrons. The fraction of sp³-hybridized carbons (Fsp3) is 0.200. The summed E-state index contributed by atoms with van der Waals surface area (Å²) >= 11 is 0. The minimum atomic E-state index is -4.86. The van der Waals surface area contributed by atoms with Gasteiger partial charge in [-0.3, -0.25) is 9.59 Å². The second-order valence-electron chi connectivity index (χ2n) is 3.66. The Hall–Kier alpha value is -2.07. The van der Waals surface area contributed by atoms with Crippen LogP contribution in [0.5, 0.6) is 0 Å². The molecule has 0 aliphatic heterocycles. The maximum atomic E-state index is 13.3. The number of halogens is 2. The number of hydrogen-bond donors (Lipinski definition) is 3. The Labute approximate surface area is 111 Å². The maximum absolute atomic E-state index is 13.3. The van der Waals surface area contributed by atoms with Gasteiger partial charge < -0.3 is 10.2 Å². The van der Waals surface area contributed by atoms with Gasteiger partial charge in [0, 0.05) is 0 Å². The molecule has 7 nitrogen and oxygen atoms in total. The summed E-state index contributed by atoms with van der Waals surface area (Å²) in [6.07, 6.45) is -1.08. The second kappa shape index (κ2) is 5.92. The van der Waals surface area contributed by atoms with Crippen LogP contribution in [0, 0.1) is 11.6 Å². The minimum absolute atomic E-state index is 0.671. The van der Waals surface area contributed by atoms with Crippen molar-refractivity contribution < 1.29 is 37.0 Å². The van der Waals surface area contributed by atoms with Crippen LogP contribution < -0.4 is 4.72 Å². The fourth-order valence-electron chi connectivity index (χ4n) is 1.34. The largest absolute Gasteiger partial charge is 0.481 e. The van der Waals surface area contributed by atoms with Gasteiger partial charge in [0.1, 0.15) is 17.7 Å². The smallest absolute Gasteiger partial charge is 0.322 e. The highest BCUT2D eigenvalue weighted by Crippen LogP contribution is 2.18. The quantitative estimate of drug-likeness (QED) is 0.689. The Morgan fingerprint density at radius 3 is 2.10 bits per heavy atom. The number of rotatable bonds is 6. The van der Waals surface area contributed by atoms with Crippen LogP contribution in [-0.2, 0) is 19.6 Å². The van der Waals surface area contributed by atoms with Crippen LogP contribution >= 0.6 is 0 Å². The summed E-state index contributed by atoms with van der Waals surface area (Å²) in [6, 6.07) is 0.224. The average molecular weight is 309 g/mol. The van der Waals surface area contributed by atoms with E-state index in [0.717, 1.165) is 6.07 Å². The molecule has 0 aliphatic carbocycles. The average Bonchev–Trinajstić information content (AvgIpc) is 2.26. The van der Waals surface area contributed by atoms with Gasteiger partial charge in [0.25, 0.3) is 0 Å². The number of nitrogens with one attached hydrogen (secondary N) is 1. The molecule has 0 saturated heterocycles. The van der Waals surface area contributed by atoms with E-state index in [4.69, 9.17) is 10.2 Å². The first-order valence-electron chi connectivity index (χ1n) is 5.06. The highest BCUT2D eigenvalue weighted by atomic mass is 32.2. The summed E-state index contributed by atoms with van der Waals surface area (Å²) in [5, 5.41) is 17.2. The number of carboxylic acid groups (broad SMARTS) is 2. The molecule has 1 aromatic rings. The summed E-state index contributed by atoms with van der Waals surface area (Å²) in [4.78, 5) is 19.8.